The molecule has 2 rings (SSSR count). The first-order valence-electron chi connectivity index (χ1n) is 5.87. The molecule has 1 heterocycles. The van der Waals surface area contributed by atoms with Crippen molar-refractivity contribution in [3.8, 4) is 0 Å². The maximum absolute atomic E-state index is 12.0. The highest BCUT2D eigenvalue weighted by Crippen LogP contribution is 2.27. The van der Waals surface area contributed by atoms with Gasteiger partial charge < -0.3 is 0 Å². The SMILES string of the molecule is CC(CNS(=O)(=O)c1ccc(Br)s1)N(C)C1CC1. The van der Waals surface area contributed by atoms with Gasteiger partial charge in [-0.2, -0.15) is 0 Å². The van der Waals surface area contributed by atoms with Crippen molar-refractivity contribution in [2.75, 3.05) is 13.6 Å². The fraction of sp³-hybridized carbons (Fsp3) is 0.636. The predicted octanol–water partition coefficient (Wildman–Crippen LogP) is 2.27. The Morgan fingerprint density at radius 1 is 1.56 bits per heavy atom. The molecule has 1 unspecified atom stereocenters. The van der Waals surface area contributed by atoms with Gasteiger partial charge in [-0.25, -0.2) is 13.1 Å². The monoisotopic (exact) mass is 352 g/mol. The van der Waals surface area contributed by atoms with Gasteiger partial charge in [0, 0.05) is 18.6 Å². The molecule has 1 aromatic rings. The zero-order valence-electron chi connectivity index (χ0n) is 10.4. The van der Waals surface area contributed by atoms with Gasteiger partial charge in [0.15, 0.2) is 0 Å². The Morgan fingerprint density at radius 3 is 2.72 bits per heavy atom. The Bertz CT molecular complexity index is 511. The number of nitrogens with one attached hydrogen (secondary N) is 1. The van der Waals surface area contributed by atoms with E-state index in [9.17, 15) is 8.42 Å². The van der Waals surface area contributed by atoms with Gasteiger partial charge in [-0.15, -0.1) is 11.3 Å². The Morgan fingerprint density at radius 2 is 2.22 bits per heavy atom. The van der Waals surface area contributed by atoms with Crippen LogP contribution in [0.1, 0.15) is 19.8 Å². The normalized spacial score (nSPS) is 18.2. The first kappa shape index (κ1) is 14.5. The maximum atomic E-state index is 12.0. The van der Waals surface area contributed by atoms with E-state index < -0.39 is 10.0 Å². The number of nitrogens with zero attached hydrogens (tertiary/aromatic N) is 1. The zero-order valence-corrected chi connectivity index (χ0v) is 13.6. The highest BCUT2D eigenvalue weighted by atomic mass is 79.9. The first-order valence-corrected chi connectivity index (χ1v) is 8.96. The lowest BCUT2D eigenvalue weighted by Gasteiger charge is -2.24. The Kier molecular flexibility index (Phi) is 4.48. The highest BCUT2D eigenvalue weighted by molar-refractivity contribution is 9.11. The van der Waals surface area contributed by atoms with E-state index in [1.54, 1.807) is 12.1 Å². The molecule has 1 atom stereocenters. The maximum Gasteiger partial charge on any atom is 0.250 e. The molecule has 4 nitrogen and oxygen atoms in total. The molecule has 1 N–H and O–H groups in total. The Balaban J connectivity index is 1.92. The van der Waals surface area contributed by atoms with Crippen LogP contribution in [0.5, 0.6) is 0 Å². The van der Waals surface area contributed by atoms with Gasteiger partial charge in [0.1, 0.15) is 4.21 Å². The molecule has 1 aromatic heterocycles. The summed E-state index contributed by atoms with van der Waals surface area (Å²) in [5.41, 5.74) is 0. The molecule has 1 saturated carbocycles. The van der Waals surface area contributed by atoms with E-state index >= 15 is 0 Å². The summed E-state index contributed by atoms with van der Waals surface area (Å²) < 4.78 is 27.9. The standard InChI is InChI=1S/C11H17BrN2O2S2/c1-8(14(2)9-3-4-9)7-13-18(15,16)11-6-5-10(12)17-11/h5-6,8-9,13H,3-4,7H2,1-2H3. The number of thiophene rings is 1. The summed E-state index contributed by atoms with van der Waals surface area (Å²) in [5.74, 6) is 0. The van der Waals surface area contributed by atoms with E-state index in [1.165, 1.54) is 24.2 Å². The summed E-state index contributed by atoms with van der Waals surface area (Å²) in [6.07, 6.45) is 2.46. The lowest BCUT2D eigenvalue weighted by atomic mass is 10.3. The van der Waals surface area contributed by atoms with Crippen LogP contribution in [0, 0.1) is 0 Å². The third kappa shape index (κ3) is 3.54. The van der Waals surface area contributed by atoms with Crippen LogP contribution in [0.3, 0.4) is 0 Å². The number of sulfonamides is 1. The van der Waals surface area contributed by atoms with Crippen molar-refractivity contribution >= 4 is 37.3 Å². The largest absolute Gasteiger partial charge is 0.299 e. The van der Waals surface area contributed by atoms with E-state index in [-0.39, 0.29) is 6.04 Å². The second-order valence-electron chi connectivity index (χ2n) is 4.66. The number of likely N-dealkylation sites (N-methyl/N-ethyl adjacent to an activating group) is 1. The van der Waals surface area contributed by atoms with Gasteiger partial charge in [0.2, 0.25) is 10.0 Å². The first-order chi connectivity index (χ1) is 8.40. The van der Waals surface area contributed by atoms with Gasteiger partial charge in [-0.05, 0) is 54.9 Å². The van der Waals surface area contributed by atoms with Gasteiger partial charge in [0.25, 0.3) is 0 Å². The summed E-state index contributed by atoms with van der Waals surface area (Å²) in [5, 5.41) is 0. The van der Waals surface area contributed by atoms with Crippen molar-refractivity contribution in [1.29, 1.82) is 0 Å². The summed E-state index contributed by atoms with van der Waals surface area (Å²) in [4.78, 5) is 2.24. The second kappa shape index (κ2) is 5.58. The highest BCUT2D eigenvalue weighted by Gasteiger charge is 2.29. The smallest absolute Gasteiger partial charge is 0.250 e. The van der Waals surface area contributed by atoms with Crippen LogP contribution in [0.2, 0.25) is 0 Å². The van der Waals surface area contributed by atoms with Crippen molar-refractivity contribution in [3.63, 3.8) is 0 Å². The molecule has 7 heteroatoms. The molecule has 18 heavy (non-hydrogen) atoms. The molecule has 1 aliphatic rings. The van der Waals surface area contributed by atoms with Crippen LogP contribution < -0.4 is 4.72 Å². The van der Waals surface area contributed by atoms with Crippen LogP contribution in [0.4, 0.5) is 0 Å². The molecule has 0 saturated heterocycles. The van der Waals surface area contributed by atoms with Crippen molar-refractivity contribution < 1.29 is 8.42 Å². The van der Waals surface area contributed by atoms with E-state index in [0.29, 0.717) is 16.8 Å². The molecule has 0 spiro atoms. The predicted molar refractivity (Wildman–Crippen MR) is 77.5 cm³/mol. The minimum atomic E-state index is -3.36. The molecule has 1 fully saturated rings. The molecule has 0 radical (unpaired) electrons. The van der Waals surface area contributed by atoms with Gasteiger partial charge in [-0.1, -0.05) is 0 Å². The van der Waals surface area contributed by atoms with Gasteiger partial charge in [0.05, 0.1) is 3.79 Å². The van der Waals surface area contributed by atoms with Crippen LogP contribution in [-0.2, 0) is 10.0 Å². The van der Waals surface area contributed by atoms with Gasteiger partial charge >= 0.3 is 0 Å². The second-order valence-corrected chi connectivity index (χ2v) is 9.11. The molecule has 0 amide bonds. The van der Waals surface area contributed by atoms with Crippen molar-refractivity contribution in [2.24, 2.45) is 0 Å². The average Bonchev–Trinajstić information content (AvgIpc) is 3.07. The number of rotatable bonds is 6. The molecular formula is C11H17BrN2O2S2. The minimum Gasteiger partial charge on any atom is -0.299 e. The van der Waals surface area contributed by atoms with Crippen molar-refractivity contribution in [1.82, 2.24) is 9.62 Å². The zero-order chi connectivity index (χ0) is 13.3. The van der Waals surface area contributed by atoms with E-state index in [2.05, 4.69) is 32.6 Å². The number of hydrogen-bond acceptors (Lipinski definition) is 4. The number of halogens is 1. The summed E-state index contributed by atoms with van der Waals surface area (Å²) in [7, 11) is -1.31. The molecule has 0 aromatic carbocycles. The molecule has 0 bridgehead atoms. The van der Waals surface area contributed by atoms with Crippen LogP contribution in [0.25, 0.3) is 0 Å². The van der Waals surface area contributed by atoms with E-state index in [1.807, 2.05) is 6.92 Å². The fourth-order valence-corrected chi connectivity index (χ4v) is 4.91. The molecule has 0 aliphatic heterocycles. The fourth-order valence-electron chi connectivity index (χ4n) is 1.73. The van der Waals surface area contributed by atoms with Crippen molar-refractivity contribution in [2.45, 2.75) is 36.1 Å². The minimum absolute atomic E-state index is 0.218. The Hall–Kier alpha value is 0.0500. The van der Waals surface area contributed by atoms with Crippen LogP contribution >= 0.6 is 27.3 Å². The van der Waals surface area contributed by atoms with E-state index in [4.69, 9.17) is 0 Å². The Labute approximate surface area is 121 Å². The summed E-state index contributed by atoms with van der Waals surface area (Å²) in [6, 6.07) is 4.22. The van der Waals surface area contributed by atoms with E-state index in [0.717, 1.165) is 3.79 Å². The van der Waals surface area contributed by atoms with Crippen LogP contribution in [-0.4, -0.2) is 39.0 Å². The topological polar surface area (TPSA) is 49.4 Å². The average molecular weight is 353 g/mol. The van der Waals surface area contributed by atoms with Crippen LogP contribution in [0.15, 0.2) is 20.1 Å². The third-order valence-corrected chi connectivity index (χ3v) is 6.74. The van der Waals surface area contributed by atoms with Crippen molar-refractivity contribution in [3.05, 3.63) is 15.9 Å². The molecule has 1 aliphatic carbocycles. The third-order valence-electron chi connectivity index (χ3n) is 3.20. The van der Waals surface area contributed by atoms with Gasteiger partial charge in [-0.3, -0.25) is 4.90 Å². The molecular weight excluding hydrogens is 336 g/mol. The summed E-state index contributed by atoms with van der Waals surface area (Å²) >= 11 is 4.50. The quantitative estimate of drug-likeness (QED) is 0.854. The summed E-state index contributed by atoms with van der Waals surface area (Å²) in [6.45, 7) is 2.50. The lowest BCUT2D eigenvalue weighted by Crippen LogP contribution is -2.40. The molecule has 102 valence electrons. The lowest BCUT2D eigenvalue weighted by molar-refractivity contribution is 0.248. The number of hydrogen-bond donors (Lipinski definition) is 1.